The molecule has 0 spiro atoms. The molecule has 0 atom stereocenters. The maximum Gasteiger partial charge on any atom is 0.0544 e. The molecule has 2 nitrogen and oxygen atoms in total. The van der Waals surface area contributed by atoms with E-state index in [1.54, 1.807) is 22.7 Å². The number of benzene rings is 4. The van der Waals surface area contributed by atoms with Gasteiger partial charge < -0.3 is 9.97 Å². The number of H-pyrrole nitrogens is 2. The third kappa shape index (κ3) is 4.94. The number of hydrogen-bond acceptors (Lipinski definition) is 4. The molecule has 6 heteroatoms. The monoisotopic (exact) mass is 724 g/mol. The number of thiophene rings is 4. The number of aromatic amines is 2. The lowest BCUT2D eigenvalue weighted by molar-refractivity contribution is 1.21. The van der Waals surface area contributed by atoms with Gasteiger partial charge >= 0.3 is 0 Å². The lowest BCUT2D eigenvalue weighted by Gasteiger charge is -2.04. The Kier molecular flexibility index (Phi) is 6.74. The second-order valence-electron chi connectivity index (χ2n) is 13.1. The topological polar surface area (TPSA) is 31.6 Å². The van der Waals surface area contributed by atoms with E-state index in [4.69, 9.17) is 0 Å². The first-order chi connectivity index (χ1) is 25.2. The summed E-state index contributed by atoms with van der Waals surface area (Å²) in [6.07, 6.45) is 10.1. The van der Waals surface area contributed by atoms with Gasteiger partial charge in [-0.2, -0.15) is 0 Å². The lowest BCUT2D eigenvalue weighted by atomic mass is 10.0. The van der Waals surface area contributed by atoms with E-state index in [1.165, 1.54) is 106 Å². The molecule has 242 valence electrons. The van der Waals surface area contributed by atoms with E-state index in [-0.39, 0.29) is 0 Å². The molecule has 1 aliphatic rings. The highest BCUT2D eigenvalue weighted by atomic mass is 32.1. The predicted molar refractivity (Wildman–Crippen MR) is 226 cm³/mol. The Balaban J connectivity index is 0.942. The predicted octanol–water partition coefficient (Wildman–Crippen LogP) is 12.5. The van der Waals surface area contributed by atoms with Crippen LogP contribution in [0.3, 0.4) is 0 Å². The van der Waals surface area contributed by atoms with Crippen LogP contribution in [0.2, 0.25) is 0 Å². The number of fused-ring (bicyclic) bond motifs is 10. The van der Waals surface area contributed by atoms with Gasteiger partial charge in [-0.3, -0.25) is 0 Å². The zero-order valence-corrected chi connectivity index (χ0v) is 30.5. The van der Waals surface area contributed by atoms with Crippen LogP contribution in [0.15, 0.2) is 120 Å². The van der Waals surface area contributed by atoms with Crippen LogP contribution in [0.1, 0.15) is 21.7 Å². The van der Waals surface area contributed by atoms with Crippen LogP contribution in [0.25, 0.3) is 97.6 Å². The van der Waals surface area contributed by atoms with E-state index in [9.17, 15) is 0 Å². The maximum absolute atomic E-state index is 3.85. The van der Waals surface area contributed by atoms with Crippen LogP contribution < -0.4 is 10.6 Å². The third-order valence-corrected chi connectivity index (χ3v) is 14.4. The van der Waals surface area contributed by atoms with Gasteiger partial charge in [-0.25, -0.2) is 0 Å². The summed E-state index contributed by atoms with van der Waals surface area (Å²) in [5.74, 6) is 0. The van der Waals surface area contributed by atoms with Gasteiger partial charge in [0, 0.05) is 79.1 Å². The standard InChI is InChI=1S/C45H28N2S4/c1-3-40(48-21-1)42-18-11-30(50-42)10-5-26-6-12-31-27(23-26)7-15-35-36-25-38-33(16-17-37(36)46-45(31)35)34-14-8-28-24-29(9-13-32(28)44(34)47-38)39-19-20-43(51-39)41-4-2-22-49-41/h1-16,18-25,46-47H,17H2/b10-5+. The number of aromatic nitrogens is 2. The maximum atomic E-state index is 3.85. The second-order valence-corrected chi connectivity index (χ2v) is 17.2. The molecule has 6 heterocycles. The molecular formula is C45H28N2S4. The first-order valence-electron chi connectivity index (χ1n) is 17.0. The molecule has 0 bridgehead atoms. The Hall–Kier alpha value is -5.24. The minimum atomic E-state index is 0.860. The average Bonchev–Trinajstić information content (AvgIpc) is 4.01. The van der Waals surface area contributed by atoms with Crippen molar-refractivity contribution in [2.75, 3.05) is 0 Å². The summed E-state index contributed by atoms with van der Waals surface area (Å²) >= 11 is 7.30. The summed E-state index contributed by atoms with van der Waals surface area (Å²) in [5.41, 5.74) is 7.45. The molecule has 0 fully saturated rings. The van der Waals surface area contributed by atoms with Crippen molar-refractivity contribution < 1.29 is 0 Å². The van der Waals surface area contributed by atoms with Crippen molar-refractivity contribution in [1.29, 1.82) is 0 Å². The molecule has 0 unspecified atom stereocenters. The fourth-order valence-electron chi connectivity index (χ4n) is 7.61. The minimum absolute atomic E-state index is 0.860. The largest absolute Gasteiger partial charge is 0.357 e. The highest BCUT2D eigenvalue weighted by Crippen LogP contribution is 2.38. The Morgan fingerprint density at radius 1 is 0.549 bits per heavy atom. The van der Waals surface area contributed by atoms with Crippen LogP contribution in [0.5, 0.6) is 0 Å². The molecule has 4 aromatic carbocycles. The SMILES string of the molecule is C1=c2[nH]c3c(ccc4cc(-c5ccc(-c6cccs6)s5)ccc43)c2=CCc2[nH]c3c(ccc4cc(/C=C/c5ccc(-c6cccs6)s5)ccc43)c21. The molecule has 0 radical (unpaired) electrons. The molecule has 6 aromatic heterocycles. The molecule has 0 saturated carbocycles. The molecular weight excluding hydrogens is 697 g/mol. The lowest BCUT2D eigenvalue weighted by Crippen LogP contribution is -2.21. The average molecular weight is 725 g/mol. The van der Waals surface area contributed by atoms with Gasteiger partial charge in [0.05, 0.1) is 11.0 Å². The normalized spacial score (nSPS) is 12.9. The van der Waals surface area contributed by atoms with E-state index in [0.717, 1.165) is 6.42 Å². The Bertz CT molecular complexity index is 3110. The summed E-state index contributed by atoms with van der Waals surface area (Å²) in [4.78, 5) is 15.6. The van der Waals surface area contributed by atoms with E-state index in [1.807, 2.05) is 22.7 Å². The van der Waals surface area contributed by atoms with Crippen LogP contribution in [-0.2, 0) is 6.42 Å². The zero-order valence-electron chi connectivity index (χ0n) is 27.2. The highest BCUT2D eigenvalue weighted by Gasteiger charge is 2.16. The molecule has 0 amide bonds. The van der Waals surface area contributed by atoms with Crippen molar-refractivity contribution >= 4 is 113 Å². The number of hydrogen-bond donors (Lipinski definition) is 2. The van der Waals surface area contributed by atoms with E-state index in [0.29, 0.717) is 0 Å². The number of nitrogens with one attached hydrogen (secondary N) is 2. The van der Waals surface area contributed by atoms with Gasteiger partial charge in [0.15, 0.2) is 0 Å². The van der Waals surface area contributed by atoms with Gasteiger partial charge in [-0.1, -0.05) is 72.8 Å². The first-order valence-corrected chi connectivity index (χ1v) is 20.4. The van der Waals surface area contributed by atoms with E-state index < -0.39 is 0 Å². The van der Waals surface area contributed by atoms with Crippen molar-refractivity contribution in [1.82, 2.24) is 9.97 Å². The van der Waals surface area contributed by atoms with Crippen LogP contribution in [0, 0.1) is 0 Å². The quantitative estimate of drug-likeness (QED) is 0.177. The summed E-state index contributed by atoms with van der Waals surface area (Å²) in [5, 5.41) is 14.3. The van der Waals surface area contributed by atoms with Crippen molar-refractivity contribution in [3.63, 3.8) is 0 Å². The van der Waals surface area contributed by atoms with Crippen LogP contribution in [0.4, 0.5) is 0 Å². The first kappa shape index (κ1) is 29.5. The third-order valence-electron chi connectivity index (χ3n) is 10.1. The molecule has 0 saturated heterocycles. The highest BCUT2D eigenvalue weighted by molar-refractivity contribution is 7.23. The van der Waals surface area contributed by atoms with Crippen molar-refractivity contribution in [3.8, 4) is 29.9 Å². The van der Waals surface area contributed by atoms with E-state index >= 15 is 0 Å². The van der Waals surface area contributed by atoms with E-state index in [2.05, 4.69) is 154 Å². The van der Waals surface area contributed by atoms with Crippen molar-refractivity contribution in [2.45, 2.75) is 6.42 Å². The Labute approximate surface area is 309 Å². The smallest absolute Gasteiger partial charge is 0.0544 e. The summed E-state index contributed by atoms with van der Waals surface area (Å²) < 4.78 is 0. The molecule has 51 heavy (non-hydrogen) atoms. The van der Waals surface area contributed by atoms with Crippen molar-refractivity contribution in [2.24, 2.45) is 0 Å². The molecule has 0 aliphatic heterocycles. The molecule has 1 aliphatic carbocycles. The fraction of sp³-hybridized carbons (Fsp3) is 0.0222. The summed E-state index contributed by atoms with van der Waals surface area (Å²) in [6, 6.07) is 40.4. The summed E-state index contributed by atoms with van der Waals surface area (Å²) in [7, 11) is 0. The molecule has 2 N–H and O–H groups in total. The van der Waals surface area contributed by atoms with Crippen molar-refractivity contribution in [3.05, 3.63) is 152 Å². The van der Waals surface area contributed by atoms with Crippen LogP contribution in [-0.4, -0.2) is 9.97 Å². The molecule has 11 rings (SSSR count). The van der Waals surface area contributed by atoms with Gasteiger partial charge in [-0.05, 0) is 93.3 Å². The van der Waals surface area contributed by atoms with Gasteiger partial charge in [0.1, 0.15) is 0 Å². The van der Waals surface area contributed by atoms with Gasteiger partial charge in [0.25, 0.3) is 0 Å². The Morgan fingerprint density at radius 2 is 1.25 bits per heavy atom. The zero-order chi connectivity index (χ0) is 33.5. The van der Waals surface area contributed by atoms with Gasteiger partial charge in [-0.15, -0.1) is 45.3 Å². The fourth-order valence-corrected chi connectivity index (χ4v) is 11.2. The second kappa shape index (κ2) is 11.7. The number of rotatable bonds is 5. The summed E-state index contributed by atoms with van der Waals surface area (Å²) in [6.45, 7) is 0. The minimum Gasteiger partial charge on any atom is -0.357 e. The molecule has 10 aromatic rings. The van der Waals surface area contributed by atoms with Crippen LogP contribution >= 0.6 is 45.3 Å². The Morgan fingerprint density at radius 3 is 2.08 bits per heavy atom. The van der Waals surface area contributed by atoms with Gasteiger partial charge in [0.2, 0.25) is 0 Å².